The second-order valence-electron chi connectivity index (χ2n) is 7.41. The average Bonchev–Trinajstić information content (AvgIpc) is 2.66. The van der Waals surface area contributed by atoms with Gasteiger partial charge in [0.05, 0.1) is 13.7 Å². The zero-order chi connectivity index (χ0) is 22.0. The lowest BCUT2D eigenvalue weighted by Crippen LogP contribution is -2.24. The summed E-state index contributed by atoms with van der Waals surface area (Å²) in [4.78, 5) is 22.7. The van der Waals surface area contributed by atoms with E-state index in [1.807, 2.05) is 0 Å². The standard InChI is InChI=1S/C21H36N4O4/c1-4-6-7-13(5-2)12-29-19-9-14(16(22)10-20(24)26)18(28-3)8-15(19)17(23)11-21(25)27/h8-9,13,16-17H,4-7,10-12,22-23H2,1-3H3,(H2,24,26)(H2,25,27). The fraction of sp³-hybridized carbons (Fsp3) is 0.619. The van der Waals surface area contributed by atoms with E-state index in [2.05, 4.69) is 13.8 Å². The van der Waals surface area contributed by atoms with E-state index >= 15 is 0 Å². The van der Waals surface area contributed by atoms with Crippen molar-refractivity contribution in [2.45, 2.75) is 64.5 Å². The third kappa shape index (κ3) is 7.91. The molecule has 0 aliphatic heterocycles. The van der Waals surface area contributed by atoms with Gasteiger partial charge in [-0.3, -0.25) is 9.59 Å². The third-order valence-electron chi connectivity index (χ3n) is 5.02. The second-order valence-corrected chi connectivity index (χ2v) is 7.41. The number of amides is 2. The van der Waals surface area contributed by atoms with Crippen LogP contribution < -0.4 is 32.4 Å². The third-order valence-corrected chi connectivity index (χ3v) is 5.02. The molecule has 0 bridgehead atoms. The molecule has 0 aliphatic carbocycles. The molecule has 0 saturated heterocycles. The van der Waals surface area contributed by atoms with E-state index in [0.29, 0.717) is 35.2 Å². The van der Waals surface area contributed by atoms with Crippen LogP contribution in [0.25, 0.3) is 0 Å². The summed E-state index contributed by atoms with van der Waals surface area (Å²) in [5, 5.41) is 0. The molecule has 0 fully saturated rings. The molecule has 164 valence electrons. The Balaban J connectivity index is 3.26. The Bertz CT molecular complexity index is 681. The van der Waals surface area contributed by atoms with Gasteiger partial charge in [0, 0.05) is 36.1 Å². The van der Waals surface area contributed by atoms with Crippen molar-refractivity contribution in [1.82, 2.24) is 0 Å². The van der Waals surface area contributed by atoms with Crippen molar-refractivity contribution in [2.24, 2.45) is 28.9 Å². The molecule has 0 radical (unpaired) electrons. The van der Waals surface area contributed by atoms with Crippen molar-refractivity contribution in [2.75, 3.05) is 13.7 Å². The fourth-order valence-electron chi connectivity index (χ4n) is 3.23. The Morgan fingerprint density at radius 2 is 1.48 bits per heavy atom. The minimum Gasteiger partial charge on any atom is -0.496 e. The number of hydrogen-bond acceptors (Lipinski definition) is 6. The lowest BCUT2D eigenvalue weighted by Gasteiger charge is -2.23. The normalized spacial score (nSPS) is 14.1. The Hall–Kier alpha value is -2.32. The van der Waals surface area contributed by atoms with Gasteiger partial charge in [0.15, 0.2) is 0 Å². The first-order valence-electron chi connectivity index (χ1n) is 10.2. The molecule has 0 saturated carbocycles. The van der Waals surface area contributed by atoms with Gasteiger partial charge in [-0.25, -0.2) is 0 Å². The van der Waals surface area contributed by atoms with Crippen molar-refractivity contribution in [3.8, 4) is 11.5 Å². The van der Waals surface area contributed by atoms with Gasteiger partial charge in [0.1, 0.15) is 11.5 Å². The summed E-state index contributed by atoms with van der Waals surface area (Å²) in [6.07, 6.45) is 4.26. The molecule has 0 aromatic heterocycles. The average molecular weight is 409 g/mol. The largest absolute Gasteiger partial charge is 0.496 e. The van der Waals surface area contributed by atoms with Crippen LogP contribution in [0.2, 0.25) is 0 Å². The van der Waals surface area contributed by atoms with Crippen LogP contribution >= 0.6 is 0 Å². The van der Waals surface area contributed by atoms with Gasteiger partial charge in [0.2, 0.25) is 11.8 Å². The van der Waals surface area contributed by atoms with E-state index < -0.39 is 23.9 Å². The molecular weight excluding hydrogens is 372 g/mol. The summed E-state index contributed by atoms with van der Waals surface area (Å²) in [5.41, 5.74) is 24.2. The van der Waals surface area contributed by atoms with E-state index in [4.69, 9.17) is 32.4 Å². The first kappa shape index (κ1) is 24.7. The molecule has 8 nitrogen and oxygen atoms in total. The summed E-state index contributed by atoms with van der Waals surface area (Å²) in [7, 11) is 1.50. The molecule has 3 unspecified atom stereocenters. The molecule has 1 rings (SSSR count). The zero-order valence-corrected chi connectivity index (χ0v) is 17.8. The molecule has 0 heterocycles. The van der Waals surface area contributed by atoms with Crippen LogP contribution in [0.4, 0.5) is 0 Å². The highest BCUT2D eigenvalue weighted by Crippen LogP contribution is 2.37. The molecule has 1 aromatic rings. The lowest BCUT2D eigenvalue weighted by molar-refractivity contribution is -0.119. The number of primary amides is 2. The van der Waals surface area contributed by atoms with Crippen LogP contribution in [0.1, 0.15) is 75.6 Å². The molecule has 8 heteroatoms. The van der Waals surface area contributed by atoms with E-state index in [1.54, 1.807) is 12.1 Å². The van der Waals surface area contributed by atoms with Crippen LogP contribution in [-0.2, 0) is 9.59 Å². The highest BCUT2D eigenvalue weighted by Gasteiger charge is 2.23. The molecule has 3 atom stereocenters. The predicted octanol–water partition coefficient (Wildman–Crippen LogP) is 2.04. The van der Waals surface area contributed by atoms with Crippen LogP contribution in [-0.4, -0.2) is 25.5 Å². The quantitative estimate of drug-likeness (QED) is 0.369. The maximum absolute atomic E-state index is 11.4. The summed E-state index contributed by atoms with van der Waals surface area (Å²) in [6.45, 7) is 4.81. The Morgan fingerprint density at radius 1 is 0.966 bits per heavy atom. The van der Waals surface area contributed by atoms with E-state index in [0.717, 1.165) is 25.7 Å². The molecule has 1 aromatic carbocycles. The Kier molecular flexibility index (Phi) is 10.5. The maximum atomic E-state index is 11.4. The number of benzene rings is 1. The number of rotatable bonds is 14. The molecule has 0 spiro atoms. The van der Waals surface area contributed by atoms with Crippen molar-refractivity contribution in [3.05, 3.63) is 23.3 Å². The topological polar surface area (TPSA) is 157 Å². The van der Waals surface area contributed by atoms with Gasteiger partial charge in [-0.15, -0.1) is 0 Å². The van der Waals surface area contributed by atoms with Gasteiger partial charge in [-0.2, -0.15) is 0 Å². The highest BCUT2D eigenvalue weighted by atomic mass is 16.5. The monoisotopic (exact) mass is 408 g/mol. The van der Waals surface area contributed by atoms with Crippen molar-refractivity contribution in [1.29, 1.82) is 0 Å². The van der Waals surface area contributed by atoms with Gasteiger partial charge in [-0.1, -0.05) is 33.1 Å². The van der Waals surface area contributed by atoms with Crippen LogP contribution in [0.3, 0.4) is 0 Å². The summed E-state index contributed by atoms with van der Waals surface area (Å²) in [5.74, 6) is 0.358. The van der Waals surface area contributed by atoms with Crippen LogP contribution in [0, 0.1) is 5.92 Å². The molecule has 8 N–H and O–H groups in total. The van der Waals surface area contributed by atoms with Crippen molar-refractivity contribution >= 4 is 11.8 Å². The van der Waals surface area contributed by atoms with Gasteiger partial charge < -0.3 is 32.4 Å². The number of unbranched alkanes of at least 4 members (excludes halogenated alkanes) is 1. The minimum absolute atomic E-state index is 0.0285. The summed E-state index contributed by atoms with van der Waals surface area (Å²) >= 11 is 0. The van der Waals surface area contributed by atoms with E-state index in [-0.39, 0.29) is 12.8 Å². The Labute approximate surface area is 173 Å². The first-order valence-corrected chi connectivity index (χ1v) is 10.2. The maximum Gasteiger partial charge on any atom is 0.219 e. The number of nitrogens with two attached hydrogens (primary N) is 4. The highest BCUT2D eigenvalue weighted by molar-refractivity contribution is 5.75. The molecule has 2 amide bonds. The van der Waals surface area contributed by atoms with Gasteiger partial charge >= 0.3 is 0 Å². The second kappa shape index (κ2) is 12.3. The first-order chi connectivity index (χ1) is 13.7. The SMILES string of the molecule is CCCCC(CC)COc1cc(C(N)CC(N)=O)c(OC)cc1C(N)CC(N)=O. The molecule has 0 aliphatic rings. The van der Waals surface area contributed by atoms with Crippen molar-refractivity contribution in [3.63, 3.8) is 0 Å². The van der Waals surface area contributed by atoms with Crippen LogP contribution in [0.5, 0.6) is 11.5 Å². The molecule has 29 heavy (non-hydrogen) atoms. The number of hydrogen-bond donors (Lipinski definition) is 4. The van der Waals surface area contributed by atoms with Crippen molar-refractivity contribution < 1.29 is 19.1 Å². The molecular formula is C21H36N4O4. The number of ether oxygens (including phenoxy) is 2. The summed E-state index contributed by atoms with van der Waals surface area (Å²) in [6, 6.07) is 2.14. The van der Waals surface area contributed by atoms with Gasteiger partial charge in [0.25, 0.3) is 0 Å². The zero-order valence-electron chi connectivity index (χ0n) is 17.8. The Morgan fingerprint density at radius 3 is 1.93 bits per heavy atom. The van der Waals surface area contributed by atoms with Crippen LogP contribution in [0.15, 0.2) is 12.1 Å². The fourth-order valence-corrected chi connectivity index (χ4v) is 3.23. The minimum atomic E-state index is -0.645. The smallest absolute Gasteiger partial charge is 0.219 e. The van der Waals surface area contributed by atoms with E-state index in [1.165, 1.54) is 7.11 Å². The summed E-state index contributed by atoms with van der Waals surface area (Å²) < 4.78 is 11.6. The van der Waals surface area contributed by atoms with Gasteiger partial charge in [-0.05, 0) is 24.5 Å². The van der Waals surface area contributed by atoms with E-state index in [9.17, 15) is 9.59 Å². The number of carbonyl (C=O) groups excluding carboxylic acids is 2. The lowest BCUT2D eigenvalue weighted by atomic mass is 9.96. The number of carbonyl (C=O) groups is 2. The number of methoxy groups -OCH3 is 1. The predicted molar refractivity (Wildman–Crippen MR) is 113 cm³/mol.